The van der Waals surface area contributed by atoms with Crippen LogP contribution >= 0.6 is 24.0 Å². The summed E-state index contributed by atoms with van der Waals surface area (Å²) < 4.78 is 5.70. The van der Waals surface area contributed by atoms with Gasteiger partial charge in [0.1, 0.15) is 0 Å². The number of hydrogen-bond donors (Lipinski definition) is 2. The van der Waals surface area contributed by atoms with Gasteiger partial charge in [0.2, 0.25) is 5.95 Å². The molecule has 0 spiro atoms. The summed E-state index contributed by atoms with van der Waals surface area (Å²) in [4.78, 5) is 8.96. The van der Waals surface area contributed by atoms with E-state index in [1.54, 1.807) is 6.20 Å². The topological polar surface area (TPSA) is 59.1 Å². The maximum absolute atomic E-state index is 6.29. The van der Waals surface area contributed by atoms with Gasteiger partial charge in [0.05, 0.1) is 23.0 Å². The van der Waals surface area contributed by atoms with Gasteiger partial charge in [0, 0.05) is 12.3 Å². The number of rotatable bonds is 6. The standard InChI is InChI=1S/C21H27ClN4O.ClH/c22-19-14-24-21(26-20(19)8-7-18-2-1-13-27-18)25-17-5-3-15(4-6-17)16-9-11-23-12-10-16;/h3-6,14,16,18,23H,1-2,7-13H2,(H,24,25,26);1H/t18-;/m0./s1. The van der Waals surface area contributed by atoms with E-state index < -0.39 is 0 Å². The number of hydrogen-bond acceptors (Lipinski definition) is 5. The second-order valence-electron chi connectivity index (χ2n) is 7.43. The number of nitrogens with one attached hydrogen (secondary N) is 2. The molecule has 1 aromatic carbocycles. The van der Waals surface area contributed by atoms with Crippen LogP contribution in [-0.4, -0.2) is 35.8 Å². The van der Waals surface area contributed by atoms with E-state index in [0.717, 1.165) is 56.8 Å². The Morgan fingerprint density at radius 1 is 1.14 bits per heavy atom. The Bertz CT molecular complexity index is 745. The minimum Gasteiger partial charge on any atom is -0.378 e. The highest BCUT2D eigenvalue weighted by molar-refractivity contribution is 6.31. The summed E-state index contributed by atoms with van der Waals surface area (Å²) in [6, 6.07) is 8.65. The predicted molar refractivity (Wildman–Crippen MR) is 116 cm³/mol. The number of halogens is 2. The van der Waals surface area contributed by atoms with E-state index in [4.69, 9.17) is 16.3 Å². The van der Waals surface area contributed by atoms with Gasteiger partial charge in [-0.2, -0.15) is 0 Å². The summed E-state index contributed by atoms with van der Waals surface area (Å²) in [5.41, 5.74) is 3.30. The molecule has 2 N–H and O–H groups in total. The van der Waals surface area contributed by atoms with Crippen molar-refractivity contribution in [1.29, 1.82) is 0 Å². The summed E-state index contributed by atoms with van der Waals surface area (Å²) in [7, 11) is 0. The molecule has 0 bridgehead atoms. The number of piperidine rings is 1. The Morgan fingerprint density at radius 2 is 1.93 bits per heavy atom. The number of aromatic nitrogens is 2. The quantitative estimate of drug-likeness (QED) is 0.694. The summed E-state index contributed by atoms with van der Waals surface area (Å²) >= 11 is 6.29. The van der Waals surface area contributed by atoms with E-state index in [1.807, 2.05) is 0 Å². The fraction of sp³-hybridized carbons (Fsp3) is 0.524. The molecule has 2 aromatic rings. The second kappa shape index (κ2) is 10.4. The highest BCUT2D eigenvalue weighted by Gasteiger charge is 2.17. The highest BCUT2D eigenvalue weighted by Crippen LogP contribution is 2.27. The van der Waals surface area contributed by atoms with E-state index in [2.05, 4.69) is 44.9 Å². The lowest BCUT2D eigenvalue weighted by Gasteiger charge is -2.23. The summed E-state index contributed by atoms with van der Waals surface area (Å²) in [5.74, 6) is 1.26. The molecule has 2 fully saturated rings. The van der Waals surface area contributed by atoms with E-state index in [-0.39, 0.29) is 12.4 Å². The molecule has 2 aliphatic rings. The lowest BCUT2D eigenvalue weighted by atomic mass is 9.90. The molecule has 2 aliphatic heterocycles. The molecule has 1 atom stereocenters. The first-order chi connectivity index (χ1) is 13.3. The normalized spacial score (nSPS) is 20.0. The van der Waals surface area contributed by atoms with E-state index in [1.165, 1.54) is 18.4 Å². The van der Waals surface area contributed by atoms with Gasteiger partial charge in [0.25, 0.3) is 0 Å². The van der Waals surface area contributed by atoms with E-state index in [9.17, 15) is 0 Å². The molecular weight excluding hydrogens is 395 g/mol. The Labute approximate surface area is 178 Å². The molecule has 0 saturated carbocycles. The van der Waals surface area contributed by atoms with Crippen LogP contribution < -0.4 is 10.6 Å². The van der Waals surface area contributed by atoms with Crippen molar-refractivity contribution in [3.8, 4) is 0 Å². The molecule has 5 nitrogen and oxygen atoms in total. The first-order valence-corrected chi connectivity index (χ1v) is 10.4. The molecule has 0 amide bonds. The zero-order chi connectivity index (χ0) is 18.5. The van der Waals surface area contributed by atoms with Crippen LogP contribution in [0.4, 0.5) is 11.6 Å². The van der Waals surface area contributed by atoms with Crippen LogP contribution in [-0.2, 0) is 11.2 Å². The predicted octanol–water partition coefficient (Wildman–Crippen LogP) is 4.87. The van der Waals surface area contributed by atoms with Crippen LogP contribution in [0.15, 0.2) is 30.5 Å². The molecule has 152 valence electrons. The largest absolute Gasteiger partial charge is 0.378 e. The lowest BCUT2D eigenvalue weighted by Crippen LogP contribution is -2.26. The van der Waals surface area contributed by atoms with Gasteiger partial charge in [-0.15, -0.1) is 12.4 Å². The van der Waals surface area contributed by atoms with Crippen molar-refractivity contribution in [2.45, 2.75) is 50.5 Å². The first-order valence-electron chi connectivity index (χ1n) is 9.98. The second-order valence-corrected chi connectivity index (χ2v) is 7.84. The Morgan fingerprint density at radius 3 is 2.64 bits per heavy atom. The fourth-order valence-electron chi connectivity index (χ4n) is 3.93. The average Bonchev–Trinajstić information content (AvgIpc) is 3.23. The van der Waals surface area contributed by atoms with Crippen LogP contribution in [0, 0.1) is 0 Å². The van der Waals surface area contributed by atoms with Crippen molar-refractivity contribution in [3.05, 3.63) is 46.7 Å². The number of aryl methyl sites for hydroxylation is 1. The van der Waals surface area contributed by atoms with Gasteiger partial charge in [-0.05, 0) is 75.2 Å². The number of nitrogens with zero attached hydrogens (tertiary/aromatic N) is 2. The molecule has 4 rings (SSSR count). The smallest absolute Gasteiger partial charge is 0.227 e. The van der Waals surface area contributed by atoms with Crippen molar-refractivity contribution in [1.82, 2.24) is 15.3 Å². The third-order valence-corrected chi connectivity index (χ3v) is 5.84. The SMILES string of the molecule is Cl.Clc1cnc(Nc2ccc(C3CCNCC3)cc2)nc1CC[C@@H]1CCCO1. The Hall–Kier alpha value is -1.40. The van der Waals surface area contributed by atoms with Crippen LogP contribution in [0.5, 0.6) is 0 Å². The molecule has 2 saturated heterocycles. The summed E-state index contributed by atoms with van der Waals surface area (Å²) in [6.07, 6.45) is 8.51. The number of benzene rings is 1. The van der Waals surface area contributed by atoms with Gasteiger partial charge < -0.3 is 15.4 Å². The molecule has 0 aliphatic carbocycles. The van der Waals surface area contributed by atoms with Gasteiger partial charge in [-0.3, -0.25) is 0 Å². The van der Waals surface area contributed by atoms with Gasteiger partial charge in [-0.25, -0.2) is 9.97 Å². The molecule has 0 unspecified atom stereocenters. The maximum Gasteiger partial charge on any atom is 0.227 e. The monoisotopic (exact) mass is 422 g/mol. The van der Waals surface area contributed by atoms with Gasteiger partial charge in [0.15, 0.2) is 0 Å². The van der Waals surface area contributed by atoms with Crippen molar-refractivity contribution in [2.24, 2.45) is 0 Å². The third-order valence-electron chi connectivity index (χ3n) is 5.52. The number of anilines is 2. The molecule has 3 heterocycles. The average molecular weight is 423 g/mol. The summed E-state index contributed by atoms with van der Waals surface area (Å²) in [5, 5.41) is 7.35. The zero-order valence-corrected chi connectivity index (χ0v) is 17.6. The first kappa shape index (κ1) is 21.3. The molecular formula is C21H28Cl2N4O. The van der Waals surface area contributed by atoms with E-state index in [0.29, 0.717) is 23.0 Å². The van der Waals surface area contributed by atoms with Crippen molar-refractivity contribution < 1.29 is 4.74 Å². The minimum absolute atomic E-state index is 0. The zero-order valence-electron chi connectivity index (χ0n) is 16.0. The van der Waals surface area contributed by atoms with Crippen LogP contribution in [0.1, 0.15) is 49.3 Å². The van der Waals surface area contributed by atoms with Gasteiger partial charge >= 0.3 is 0 Å². The van der Waals surface area contributed by atoms with Crippen molar-refractivity contribution in [3.63, 3.8) is 0 Å². The van der Waals surface area contributed by atoms with Crippen LogP contribution in [0.2, 0.25) is 5.02 Å². The molecule has 7 heteroatoms. The van der Waals surface area contributed by atoms with Crippen molar-refractivity contribution in [2.75, 3.05) is 25.0 Å². The van der Waals surface area contributed by atoms with Crippen LogP contribution in [0.3, 0.4) is 0 Å². The third kappa shape index (κ3) is 5.57. The summed E-state index contributed by atoms with van der Waals surface area (Å²) in [6.45, 7) is 3.10. The fourth-order valence-corrected chi connectivity index (χ4v) is 4.12. The number of ether oxygens (including phenoxy) is 1. The molecule has 1 aromatic heterocycles. The Balaban J connectivity index is 0.00000225. The lowest BCUT2D eigenvalue weighted by molar-refractivity contribution is 0.104. The van der Waals surface area contributed by atoms with Crippen molar-refractivity contribution >= 4 is 35.6 Å². The highest BCUT2D eigenvalue weighted by atomic mass is 35.5. The maximum atomic E-state index is 6.29. The minimum atomic E-state index is 0. The van der Waals surface area contributed by atoms with Gasteiger partial charge in [-0.1, -0.05) is 23.7 Å². The molecule has 0 radical (unpaired) electrons. The van der Waals surface area contributed by atoms with Crippen LogP contribution in [0.25, 0.3) is 0 Å². The van der Waals surface area contributed by atoms with E-state index >= 15 is 0 Å². The molecule has 28 heavy (non-hydrogen) atoms. The Kier molecular flexibility index (Phi) is 7.91.